The Morgan fingerprint density at radius 3 is 2.14 bits per heavy atom. The summed E-state index contributed by atoms with van der Waals surface area (Å²) in [6, 6.07) is 0. The quantitative estimate of drug-likeness (QED) is 0.611. The molecule has 1 aliphatic rings. The van der Waals surface area contributed by atoms with Crippen LogP contribution in [0.1, 0.15) is 60.3 Å². The van der Waals surface area contributed by atoms with Crippen LogP contribution < -0.4 is 0 Å². The van der Waals surface area contributed by atoms with Crippen molar-refractivity contribution in [3.63, 3.8) is 0 Å². The summed E-state index contributed by atoms with van der Waals surface area (Å²) in [6.45, 7) is 12.1. The molecule has 0 spiro atoms. The molecule has 14 heavy (non-hydrogen) atoms. The Balaban J connectivity index is 2.65. The van der Waals surface area contributed by atoms with Gasteiger partial charge in [-0.1, -0.05) is 53.9 Å². The van der Waals surface area contributed by atoms with Gasteiger partial charge in [0.15, 0.2) is 0 Å². The Kier molecular flexibility index (Phi) is 4.47. The van der Waals surface area contributed by atoms with Gasteiger partial charge >= 0.3 is 0 Å². The zero-order valence-electron chi connectivity index (χ0n) is 10.7. The Bertz CT molecular complexity index is 161. The SMILES string of the molecule is CCCC1CC(C)C(C)C(CC)C1C. The molecular formula is C14H28. The van der Waals surface area contributed by atoms with Crippen molar-refractivity contribution in [2.75, 3.05) is 0 Å². The van der Waals surface area contributed by atoms with Crippen LogP contribution in [0.2, 0.25) is 0 Å². The van der Waals surface area contributed by atoms with E-state index in [1.807, 2.05) is 0 Å². The highest BCUT2D eigenvalue weighted by molar-refractivity contribution is 4.86. The Morgan fingerprint density at radius 1 is 1.00 bits per heavy atom. The zero-order valence-corrected chi connectivity index (χ0v) is 10.7. The number of rotatable bonds is 3. The Morgan fingerprint density at radius 2 is 1.64 bits per heavy atom. The molecule has 0 aromatic heterocycles. The summed E-state index contributed by atoms with van der Waals surface area (Å²) in [6.07, 6.45) is 5.68. The van der Waals surface area contributed by atoms with Gasteiger partial charge in [0.25, 0.3) is 0 Å². The molecule has 5 atom stereocenters. The fourth-order valence-electron chi connectivity index (χ4n) is 3.65. The van der Waals surface area contributed by atoms with Crippen molar-refractivity contribution in [2.45, 2.75) is 60.3 Å². The zero-order chi connectivity index (χ0) is 10.7. The molecule has 0 nitrogen and oxygen atoms in total. The van der Waals surface area contributed by atoms with Gasteiger partial charge in [-0.3, -0.25) is 0 Å². The van der Waals surface area contributed by atoms with Crippen LogP contribution in [0.4, 0.5) is 0 Å². The lowest BCUT2D eigenvalue weighted by Gasteiger charge is -2.44. The van der Waals surface area contributed by atoms with E-state index in [0.717, 1.165) is 29.6 Å². The number of hydrogen-bond donors (Lipinski definition) is 0. The van der Waals surface area contributed by atoms with Crippen molar-refractivity contribution >= 4 is 0 Å². The molecule has 5 unspecified atom stereocenters. The van der Waals surface area contributed by atoms with Crippen molar-refractivity contribution in [1.82, 2.24) is 0 Å². The van der Waals surface area contributed by atoms with Crippen LogP contribution in [0.5, 0.6) is 0 Å². The summed E-state index contributed by atoms with van der Waals surface area (Å²) >= 11 is 0. The van der Waals surface area contributed by atoms with E-state index in [1.165, 1.54) is 25.7 Å². The van der Waals surface area contributed by atoms with Crippen LogP contribution in [-0.2, 0) is 0 Å². The maximum Gasteiger partial charge on any atom is -0.0360 e. The molecule has 0 aromatic rings. The third kappa shape index (κ3) is 2.32. The first-order chi connectivity index (χ1) is 6.61. The minimum atomic E-state index is 0.947. The largest absolute Gasteiger partial charge is 0.0654 e. The highest BCUT2D eigenvalue weighted by atomic mass is 14.4. The summed E-state index contributed by atoms with van der Waals surface area (Å²) in [4.78, 5) is 0. The van der Waals surface area contributed by atoms with Crippen molar-refractivity contribution in [3.05, 3.63) is 0 Å². The first-order valence-electron chi connectivity index (χ1n) is 6.61. The molecule has 0 saturated heterocycles. The summed E-state index contributed by atoms with van der Waals surface area (Å²) in [5.74, 6) is 4.86. The predicted octanol–water partition coefficient (Wildman–Crippen LogP) is 4.74. The van der Waals surface area contributed by atoms with Gasteiger partial charge in [0.05, 0.1) is 0 Å². The van der Waals surface area contributed by atoms with E-state index in [0.29, 0.717) is 0 Å². The van der Waals surface area contributed by atoms with Crippen LogP contribution in [0, 0.1) is 29.6 Å². The first kappa shape index (κ1) is 12.1. The van der Waals surface area contributed by atoms with Crippen molar-refractivity contribution in [1.29, 1.82) is 0 Å². The second kappa shape index (κ2) is 5.19. The molecule has 0 radical (unpaired) electrons. The number of hydrogen-bond acceptors (Lipinski definition) is 0. The lowest BCUT2D eigenvalue weighted by atomic mass is 9.62. The second-order valence-corrected chi connectivity index (χ2v) is 5.55. The van der Waals surface area contributed by atoms with Gasteiger partial charge in [-0.15, -0.1) is 0 Å². The average molecular weight is 196 g/mol. The predicted molar refractivity (Wildman–Crippen MR) is 64.3 cm³/mol. The second-order valence-electron chi connectivity index (χ2n) is 5.55. The van der Waals surface area contributed by atoms with Crippen LogP contribution in [0.3, 0.4) is 0 Å². The molecular weight excluding hydrogens is 168 g/mol. The summed E-state index contributed by atoms with van der Waals surface area (Å²) < 4.78 is 0. The summed E-state index contributed by atoms with van der Waals surface area (Å²) in [7, 11) is 0. The van der Waals surface area contributed by atoms with Crippen molar-refractivity contribution in [2.24, 2.45) is 29.6 Å². The smallest absolute Gasteiger partial charge is 0.0360 e. The first-order valence-corrected chi connectivity index (χ1v) is 6.61. The molecule has 0 bridgehead atoms. The molecule has 0 aliphatic heterocycles. The molecule has 1 aliphatic carbocycles. The molecule has 1 saturated carbocycles. The normalized spacial score (nSPS) is 43.9. The van der Waals surface area contributed by atoms with Gasteiger partial charge in [0.1, 0.15) is 0 Å². The molecule has 84 valence electrons. The molecule has 0 N–H and O–H groups in total. The van der Waals surface area contributed by atoms with Gasteiger partial charge in [-0.2, -0.15) is 0 Å². The van der Waals surface area contributed by atoms with Crippen molar-refractivity contribution < 1.29 is 0 Å². The molecule has 1 fully saturated rings. The van der Waals surface area contributed by atoms with Crippen LogP contribution in [0.25, 0.3) is 0 Å². The van der Waals surface area contributed by atoms with E-state index in [-0.39, 0.29) is 0 Å². The molecule has 1 rings (SSSR count). The molecule has 0 heterocycles. The summed E-state index contributed by atoms with van der Waals surface area (Å²) in [5.41, 5.74) is 0. The average Bonchev–Trinajstić information content (AvgIpc) is 2.16. The standard InChI is InChI=1S/C14H28/c1-6-8-13-9-10(3)11(4)14(7-2)12(13)5/h10-14H,6-9H2,1-5H3. The van der Waals surface area contributed by atoms with Crippen LogP contribution in [0.15, 0.2) is 0 Å². The molecule has 0 amide bonds. The van der Waals surface area contributed by atoms with E-state index in [2.05, 4.69) is 34.6 Å². The highest BCUT2D eigenvalue weighted by Gasteiger charge is 2.36. The molecule has 0 heteroatoms. The van der Waals surface area contributed by atoms with Crippen LogP contribution in [-0.4, -0.2) is 0 Å². The fourth-order valence-corrected chi connectivity index (χ4v) is 3.65. The van der Waals surface area contributed by atoms with Gasteiger partial charge in [0, 0.05) is 0 Å². The Hall–Kier alpha value is 0. The Labute approximate surface area is 90.5 Å². The molecule has 0 aromatic carbocycles. The lowest BCUT2D eigenvalue weighted by molar-refractivity contribution is 0.0566. The van der Waals surface area contributed by atoms with E-state index >= 15 is 0 Å². The lowest BCUT2D eigenvalue weighted by Crippen LogP contribution is -2.36. The van der Waals surface area contributed by atoms with E-state index in [9.17, 15) is 0 Å². The maximum absolute atomic E-state index is 2.50. The maximum atomic E-state index is 2.50. The van der Waals surface area contributed by atoms with Gasteiger partial charge in [-0.25, -0.2) is 0 Å². The van der Waals surface area contributed by atoms with Gasteiger partial charge < -0.3 is 0 Å². The van der Waals surface area contributed by atoms with E-state index in [4.69, 9.17) is 0 Å². The van der Waals surface area contributed by atoms with Crippen LogP contribution >= 0.6 is 0 Å². The minimum Gasteiger partial charge on any atom is -0.0654 e. The van der Waals surface area contributed by atoms with Gasteiger partial charge in [-0.05, 0) is 36.0 Å². The third-order valence-corrected chi connectivity index (χ3v) is 4.80. The summed E-state index contributed by atoms with van der Waals surface area (Å²) in [5, 5.41) is 0. The minimum absolute atomic E-state index is 0.947. The van der Waals surface area contributed by atoms with Gasteiger partial charge in [0.2, 0.25) is 0 Å². The highest BCUT2D eigenvalue weighted by Crippen LogP contribution is 2.44. The topological polar surface area (TPSA) is 0 Å². The van der Waals surface area contributed by atoms with E-state index in [1.54, 1.807) is 0 Å². The monoisotopic (exact) mass is 196 g/mol. The third-order valence-electron chi connectivity index (χ3n) is 4.80. The van der Waals surface area contributed by atoms with E-state index < -0.39 is 0 Å². The fraction of sp³-hybridized carbons (Fsp3) is 1.00. The van der Waals surface area contributed by atoms with Crippen molar-refractivity contribution in [3.8, 4) is 0 Å².